The number of benzene rings is 1. The minimum atomic E-state index is -3.66. The second-order valence-corrected chi connectivity index (χ2v) is 3.61. The lowest BCUT2D eigenvalue weighted by molar-refractivity contribution is -0.286. The summed E-state index contributed by atoms with van der Waals surface area (Å²) >= 11 is 0. The highest BCUT2D eigenvalue weighted by Crippen LogP contribution is 2.42. The predicted octanol–water partition coefficient (Wildman–Crippen LogP) is 1.29. The molecule has 7 heteroatoms. The Morgan fingerprint density at radius 2 is 2.06 bits per heavy atom. The van der Waals surface area contributed by atoms with Crippen LogP contribution in [0.3, 0.4) is 0 Å². The van der Waals surface area contributed by atoms with Crippen LogP contribution >= 0.6 is 0 Å². The van der Waals surface area contributed by atoms with E-state index in [-0.39, 0.29) is 11.5 Å². The first kappa shape index (κ1) is 11.6. The van der Waals surface area contributed by atoms with Crippen LogP contribution in [0, 0.1) is 0 Å². The molecule has 0 spiro atoms. The maximum Gasteiger partial charge on any atom is 0.586 e. The molecule has 0 aliphatic carbocycles. The molecule has 0 saturated heterocycles. The topological polar surface area (TPSA) is 73.6 Å². The maximum absolute atomic E-state index is 12.7. The van der Waals surface area contributed by atoms with Crippen molar-refractivity contribution in [3.63, 3.8) is 0 Å². The van der Waals surface area contributed by atoms with Gasteiger partial charge in [-0.2, -0.15) is 0 Å². The van der Waals surface area contributed by atoms with Gasteiger partial charge in [-0.1, -0.05) is 0 Å². The van der Waals surface area contributed by atoms with Crippen LogP contribution in [0.4, 0.5) is 14.5 Å². The van der Waals surface area contributed by atoms with E-state index < -0.39 is 18.2 Å². The first-order valence-electron chi connectivity index (χ1n) is 4.84. The number of hydrogen-bond donors (Lipinski definition) is 2. The SMILES string of the molecule is C[C@H](N)C(=O)Nc1ccc2c(c1)OC(F)(F)O2. The number of halogens is 2. The molecule has 1 aromatic rings. The van der Waals surface area contributed by atoms with E-state index in [1.165, 1.54) is 25.1 Å². The summed E-state index contributed by atoms with van der Waals surface area (Å²) in [6.45, 7) is 1.51. The summed E-state index contributed by atoms with van der Waals surface area (Å²) in [4.78, 5) is 11.3. The van der Waals surface area contributed by atoms with Crippen LogP contribution in [0.2, 0.25) is 0 Å². The molecule has 1 aromatic carbocycles. The molecule has 0 fully saturated rings. The van der Waals surface area contributed by atoms with Crippen molar-refractivity contribution in [2.24, 2.45) is 5.73 Å². The molecular weight excluding hydrogens is 234 g/mol. The fraction of sp³-hybridized carbons (Fsp3) is 0.300. The fourth-order valence-corrected chi connectivity index (χ4v) is 1.28. The standard InChI is InChI=1S/C10H10F2N2O3/c1-5(13)9(15)14-6-2-3-7-8(4-6)17-10(11,12)16-7/h2-5H,13H2,1H3,(H,14,15)/t5-/m0/s1. The van der Waals surface area contributed by atoms with Crippen molar-refractivity contribution in [2.45, 2.75) is 19.3 Å². The van der Waals surface area contributed by atoms with Crippen molar-refractivity contribution in [3.8, 4) is 11.5 Å². The number of nitrogens with two attached hydrogens (primary N) is 1. The van der Waals surface area contributed by atoms with Crippen LogP contribution in [0.15, 0.2) is 18.2 Å². The number of amides is 1. The highest BCUT2D eigenvalue weighted by Gasteiger charge is 2.43. The monoisotopic (exact) mass is 244 g/mol. The minimum Gasteiger partial charge on any atom is -0.395 e. The third-order valence-corrected chi connectivity index (χ3v) is 2.08. The van der Waals surface area contributed by atoms with E-state index >= 15 is 0 Å². The van der Waals surface area contributed by atoms with Crippen LogP contribution in [0.25, 0.3) is 0 Å². The van der Waals surface area contributed by atoms with Crippen LogP contribution in [-0.2, 0) is 4.79 Å². The van der Waals surface area contributed by atoms with Crippen molar-refractivity contribution in [1.82, 2.24) is 0 Å². The van der Waals surface area contributed by atoms with Crippen molar-refractivity contribution in [1.29, 1.82) is 0 Å². The summed E-state index contributed by atoms with van der Waals surface area (Å²) in [7, 11) is 0. The fourth-order valence-electron chi connectivity index (χ4n) is 1.28. The van der Waals surface area contributed by atoms with Gasteiger partial charge in [-0.25, -0.2) is 0 Å². The molecule has 92 valence electrons. The maximum atomic E-state index is 12.7. The Labute approximate surface area is 95.5 Å². The molecule has 0 saturated carbocycles. The molecule has 0 radical (unpaired) electrons. The van der Waals surface area contributed by atoms with Gasteiger partial charge < -0.3 is 20.5 Å². The highest BCUT2D eigenvalue weighted by atomic mass is 19.3. The van der Waals surface area contributed by atoms with E-state index in [1.54, 1.807) is 0 Å². The van der Waals surface area contributed by atoms with Gasteiger partial charge in [0.2, 0.25) is 5.91 Å². The Kier molecular flexibility index (Phi) is 2.62. The third kappa shape index (κ3) is 2.44. The summed E-state index contributed by atoms with van der Waals surface area (Å²) < 4.78 is 33.9. The van der Waals surface area contributed by atoms with Crippen molar-refractivity contribution < 1.29 is 23.0 Å². The molecule has 5 nitrogen and oxygen atoms in total. The molecule has 1 amide bonds. The number of rotatable bonds is 2. The van der Waals surface area contributed by atoms with Crippen LogP contribution in [0.1, 0.15) is 6.92 Å². The van der Waals surface area contributed by atoms with Crippen molar-refractivity contribution >= 4 is 11.6 Å². The molecular formula is C10H10F2N2O3. The van der Waals surface area contributed by atoms with Crippen molar-refractivity contribution in [2.75, 3.05) is 5.32 Å². The van der Waals surface area contributed by atoms with Gasteiger partial charge in [0.25, 0.3) is 0 Å². The lowest BCUT2D eigenvalue weighted by atomic mass is 10.2. The lowest BCUT2D eigenvalue weighted by Crippen LogP contribution is -2.32. The van der Waals surface area contributed by atoms with Crippen LogP contribution in [-0.4, -0.2) is 18.2 Å². The zero-order chi connectivity index (χ0) is 12.6. The Morgan fingerprint density at radius 1 is 1.41 bits per heavy atom. The average Bonchev–Trinajstić information content (AvgIpc) is 2.50. The molecule has 17 heavy (non-hydrogen) atoms. The van der Waals surface area contributed by atoms with Crippen LogP contribution < -0.4 is 20.5 Å². The van der Waals surface area contributed by atoms with E-state index in [0.717, 1.165) is 0 Å². The van der Waals surface area contributed by atoms with Gasteiger partial charge in [-0.3, -0.25) is 4.79 Å². The van der Waals surface area contributed by atoms with E-state index in [2.05, 4.69) is 14.8 Å². The zero-order valence-electron chi connectivity index (χ0n) is 8.87. The molecule has 1 heterocycles. The number of fused-ring (bicyclic) bond motifs is 1. The summed E-state index contributed by atoms with van der Waals surface area (Å²) in [5.41, 5.74) is 5.66. The number of hydrogen-bond acceptors (Lipinski definition) is 4. The number of nitrogens with one attached hydrogen (secondary N) is 1. The Hall–Kier alpha value is -1.89. The molecule has 1 atom stereocenters. The van der Waals surface area contributed by atoms with Gasteiger partial charge in [0.1, 0.15) is 0 Å². The largest absolute Gasteiger partial charge is 0.586 e. The molecule has 1 aliphatic heterocycles. The van der Waals surface area contributed by atoms with E-state index in [9.17, 15) is 13.6 Å². The Bertz CT molecular complexity index is 463. The number of ether oxygens (including phenoxy) is 2. The highest BCUT2D eigenvalue weighted by molar-refractivity contribution is 5.94. The summed E-state index contributed by atoms with van der Waals surface area (Å²) in [6, 6.07) is 3.26. The molecule has 0 bridgehead atoms. The minimum absolute atomic E-state index is 0.0752. The van der Waals surface area contributed by atoms with Gasteiger partial charge in [-0.05, 0) is 19.1 Å². The molecule has 1 aliphatic rings. The molecule has 2 rings (SSSR count). The second kappa shape index (κ2) is 3.85. The van der Waals surface area contributed by atoms with Gasteiger partial charge in [0.15, 0.2) is 11.5 Å². The van der Waals surface area contributed by atoms with E-state index in [4.69, 9.17) is 5.73 Å². The smallest absolute Gasteiger partial charge is 0.395 e. The molecule has 0 unspecified atom stereocenters. The second-order valence-electron chi connectivity index (χ2n) is 3.61. The number of anilines is 1. The summed E-state index contributed by atoms with van der Waals surface area (Å²) in [6.07, 6.45) is -3.66. The molecule has 0 aromatic heterocycles. The predicted molar refractivity (Wildman–Crippen MR) is 54.9 cm³/mol. The van der Waals surface area contributed by atoms with E-state index in [0.29, 0.717) is 5.69 Å². The van der Waals surface area contributed by atoms with Gasteiger partial charge in [0, 0.05) is 11.8 Å². The summed E-state index contributed by atoms with van der Waals surface area (Å²) in [5, 5.41) is 2.45. The van der Waals surface area contributed by atoms with Crippen LogP contribution in [0.5, 0.6) is 11.5 Å². The quantitative estimate of drug-likeness (QED) is 0.822. The number of alkyl halides is 2. The first-order valence-corrected chi connectivity index (χ1v) is 4.84. The first-order chi connectivity index (χ1) is 7.87. The van der Waals surface area contributed by atoms with Gasteiger partial charge >= 0.3 is 6.29 Å². The zero-order valence-corrected chi connectivity index (χ0v) is 8.87. The van der Waals surface area contributed by atoms with Gasteiger partial charge in [-0.15, -0.1) is 8.78 Å². The Morgan fingerprint density at radius 3 is 2.71 bits per heavy atom. The normalized spacial score (nSPS) is 17.6. The van der Waals surface area contributed by atoms with Crippen molar-refractivity contribution in [3.05, 3.63) is 18.2 Å². The number of carbonyl (C=O) groups is 1. The summed E-state index contributed by atoms with van der Waals surface area (Å²) in [5.74, 6) is -0.623. The lowest BCUT2D eigenvalue weighted by Gasteiger charge is -2.07. The number of carbonyl (C=O) groups excluding carboxylic acids is 1. The van der Waals surface area contributed by atoms with Gasteiger partial charge in [0.05, 0.1) is 6.04 Å². The third-order valence-electron chi connectivity index (χ3n) is 2.08. The molecule has 3 N–H and O–H groups in total. The average molecular weight is 244 g/mol. The Balaban J connectivity index is 2.17. The van der Waals surface area contributed by atoms with E-state index in [1.807, 2.05) is 0 Å².